The molecule has 1 fully saturated rings. The molecule has 0 spiro atoms. The molecule has 1 atom stereocenters. The zero-order valence-electron chi connectivity index (χ0n) is 11.5. The van der Waals surface area contributed by atoms with Gasteiger partial charge in [0, 0.05) is 13.0 Å². The predicted molar refractivity (Wildman–Crippen MR) is 75.3 cm³/mol. The average molecular weight is 288 g/mol. The van der Waals surface area contributed by atoms with E-state index in [0.29, 0.717) is 25.1 Å². The van der Waals surface area contributed by atoms with E-state index < -0.39 is 6.09 Å². The van der Waals surface area contributed by atoms with Crippen LogP contribution in [0.2, 0.25) is 0 Å². The third-order valence-electron chi connectivity index (χ3n) is 4.09. The van der Waals surface area contributed by atoms with Crippen LogP contribution in [0.25, 0.3) is 0 Å². The quantitative estimate of drug-likeness (QED) is 0.769. The number of hydrogen-bond acceptors (Lipinski definition) is 3. The van der Waals surface area contributed by atoms with Gasteiger partial charge in [-0.05, 0) is 36.5 Å². The number of carboxylic acid groups (broad SMARTS) is 1. The first-order valence-electron chi connectivity index (χ1n) is 7.03. The van der Waals surface area contributed by atoms with E-state index >= 15 is 0 Å². The molecule has 1 unspecified atom stereocenters. The van der Waals surface area contributed by atoms with Crippen molar-refractivity contribution in [1.29, 1.82) is 0 Å². The zero-order valence-corrected chi connectivity index (χ0v) is 11.5. The van der Waals surface area contributed by atoms with Gasteiger partial charge in [-0.1, -0.05) is 12.1 Å². The van der Waals surface area contributed by atoms with Gasteiger partial charge >= 0.3 is 6.09 Å². The Morgan fingerprint density at radius 2 is 2.10 bits per heavy atom. The molecule has 21 heavy (non-hydrogen) atoms. The number of rotatable bonds is 1. The standard InChI is InChI=1S/C15H16N2O4/c18-13-6-4-11(14(19)16-13)9-3-5-12-10(8-9)2-1-7-17(12)15(20)21/h3,5,8,11H,1-2,4,6-7H2,(H,20,21)(H,16,18,19). The van der Waals surface area contributed by atoms with Crippen molar-refractivity contribution in [2.75, 3.05) is 11.4 Å². The minimum Gasteiger partial charge on any atom is -0.465 e. The van der Waals surface area contributed by atoms with Crippen molar-refractivity contribution >= 4 is 23.6 Å². The number of benzene rings is 1. The van der Waals surface area contributed by atoms with Gasteiger partial charge < -0.3 is 5.11 Å². The summed E-state index contributed by atoms with van der Waals surface area (Å²) < 4.78 is 0. The molecule has 2 aliphatic rings. The van der Waals surface area contributed by atoms with E-state index in [2.05, 4.69) is 5.32 Å². The molecule has 2 heterocycles. The largest absolute Gasteiger partial charge is 0.465 e. The summed E-state index contributed by atoms with van der Waals surface area (Å²) in [6.07, 6.45) is 1.48. The number of carbonyl (C=O) groups is 3. The van der Waals surface area contributed by atoms with Crippen molar-refractivity contribution in [2.45, 2.75) is 31.6 Å². The lowest BCUT2D eigenvalue weighted by atomic mass is 9.88. The molecule has 6 heteroatoms. The highest BCUT2D eigenvalue weighted by Gasteiger charge is 2.29. The Labute approximate surface area is 121 Å². The topological polar surface area (TPSA) is 86.7 Å². The number of piperidine rings is 1. The van der Waals surface area contributed by atoms with Gasteiger partial charge in [0.05, 0.1) is 11.6 Å². The minimum absolute atomic E-state index is 0.230. The van der Waals surface area contributed by atoms with Gasteiger partial charge in [0.2, 0.25) is 11.8 Å². The molecular formula is C15H16N2O4. The average Bonchev–Trinajstić information content (AvgIpc) is 2.46. The van der Waals surface area contributed by atoms with Crippen LogP contribution in [0.1, 0.15) is 36.3 Å². The van der Waals surface area contributed by atoms with Gasteiger partial charge in [-0.2, -0.15) is 0 Å². The fraction of sp³-hybridized carbons (Fsp3) is 0.400. The van der Waals surface area contributed by atoms with Gasteiger partial charge in [-0.25, -0.2) is 4.79 Å². The van der Waals surface area contributed by atoms with Crippen LogP contribution in [0.4, 0.5) is 10.5 Å². The lowest BCUT2D eigenvalue weighted by Gasteiger charge is -2.28. The highest BCUT2D eigenvalue weighted by atomic mass is 16.4. The number of fused-ring (bicyclic) bond motifs is 1. The number of nitrogens with one attached hydrogen (secondary N) is 1. The Kier molecular flexibility index (Phi) is 3.37. The SMILES string of the molecule is O=C1CCC(c2ccc3c(c2)CCCN3C(=O)O)C(=O)N1. The molecule has 6 nitrogen and oxygen atoms in total. The molecule has 1 saturated heterocycles. The lowest BCUT2D eigenvalue weighted by molar-refractivity contribution is -0.134. The minimum atomic E-state index is -0.954. The van der Waals surface area contributed by atoms with Crippen LogP contribution in [-0.2, 0) is 16.0 Å². The normalized spacial score (nSPS) is 21.7. The molecule has 2 N–H and O–H groups in total. The van der Waals surface area contributed by atoms with Crippen LogP contribution in [0.15, 0.2) is 18.2 Å². The Hall–Kier alpha value is -2.37. The number of amides is 3. The number of carbonyl (C=O) groups excluding carboxylic acids is 2. The summed E-state index contributed by atoms with van der Waals surface area (Å²) in [6.45, 7) is 0.500. The second kappa shape index (κ2) is 5.20. The summed E-state index contributed by atoms with van der Waals surface area (Å²) in [7, 11) is 0. The van der Waals surface area contributed by atoms with E-state index in [1.165, 1.54) is 4.90 Å². The molecule has 2 aliphatic heterocycles. The fourth-order valence-corrected chi connectivity index (χ4v) is 3.04. The smallest absolute Gasteiger partial charge is 0.411 e. The van der Waals surface area contributed by atoms with Crippen LogP contribution in [-0.4, -0.2) is 29.6 Å². The Bertz CT molecular complexity index is 626. The summed E-state index contributed by atoms with van der Waals surface area (Å²) in [5, 5.41) is 11.6. The molecule has 3 rings (SSSR count). The van der Waals surface area contributed by atoms with Crippen molar-refractivity contribution in [1.82, 2.24) is 5.32 Å². The van der Waals surface area contributed by atoms with Crippen LogP contribution in [0.3, 0.4) is 0 Å². The first kappa shape index (κ1) is 13.6. The Morgan fingerprint density at radius 3 is 2.81 bits per heavy atom. The van der Waals surface area contributed by atoms with Gasteiger partial charge in [0.15, 0.2) is 0 Å². The maximum Gasteiger partial charge on any atom is 0.411 e. The number of nitrogens with zero attached hydrogens (tertiary/aromatic N) is 1. The van der Waals surface area contributed by atoms with Gasteiger partial charge in [-0.15, -0.1) is 0 Å². The summed E-state index contributed by atoms with van der Waals surface area (Å²) in [5.41, 5.74) is 2.50. The third-order valence-corrected chi connectivity index (χ3v) is 4.09. The van der Waals surface area contributed by atoms with Crippen molar-refractivity contribution in [2.24, 2.45) is 0 Å². The molecule has 3 amide bonds. The second-order valence-electron chi connectivity index (χ2n) is 5.43. The number of hydrogen-bond donors (Lipinski definition) is 2. The lowest BCUT2D eigenvalue weighted by Crippen LogP contribution is -2.39. The van der Waals surface area contributed by atoms with Gasteiger partial charge in [0.25, 0.3) is 0 Å². The first-order chi connectivity index (χ1) is 10.1. The summed E-state index contributed by atoms with van der Waals surface area (Å²) in [6, 6.07) is 5.46. The Balaban J connectivity index is 1.91. The van der Waals surface area contributed by atoms with Crippen molar-refractivity contribution < 1.29 is 19.5 Å². The van der Waals surface area contributed by atoms with Crippen LogP contribution >= 0.6 is 0 Å². The summed E-state index contributed by atoms with van der Waals surface area (Å²) >= 11 is 0. The number of aryl methyl sites for hydroxylation is 1. The van der Waals surface area contributed by atoms with Crippen molar-refractivity contribution in [3.63, 3.8) is 0 Å². The maximum absolute atomic E-state index is 11.9. The van der Waals surface area contributed by atoms with E-state index in [0.717, 1.165) is 24.0 Å². The zero-order chi connectivity index (χ0) is 15.0. The van der Waals surface area contributed by atoms with Gasteiger partial charge in [-0.3, -0.25) is 19.8 Å². The molecule has 0 saturated carbocycles. The first-order valence-corrected chi connectivity index (χ1v) is 7.03. The highest BCUT2D eigenvalue weighted by Crippen LogP contribution is 2.32. The van der Waals surface area contributed by atoms with E-state index in [1.807, 2.05) is 6.07 Å². The van der Waals surface area contributed by atoms with Crippen LogP contribution in [0.5, 0.6) is 0 Å². The van der Waals surface area contributed by atoms with Crippen molar-refractivity contribution in [3.8, 4) is 0 Å². The predicted octanol–water partition coefficient (Wildman–Crippen LogP) is 1.64. The summed E-state index contributed by atoms with van der Waals surface area (Å²) in [5.74, 6) is -0.823. The van der Waals surface area contributed by atoms with Crippen LogP contribution in [0, 0.1) is 0 Å². The molecule has 1 aromatic rings. The van der Waals surface area contributed by atoms with E-state index in [-0.39, 0.29) is 17.7 Å². The molecular weight excluding hydrogens is 272 g/mol. The monoisotopic (exact) mass is 288 g/mol. The second-order valence-corrected chi connectivity index (χ2v) is 5.43. The Morgan fingerprint density at radius 1 is 1.29 bits per heavy atom. The molecule has 0 aliphatic carbocycles. The molecule has 0 bridgehead atoms. The van der Waals surface area contributed by atoms with E-state index in [4.69, 9.17) is 0 Å². The molecule has 0 radical (unpaired) electrons. The third kappa shape index (κ3) is 2.49. The van der Waals surface area contributed by atoms with Crippen LogP contribution < -0.4 is 10.2 Å². The van der Waals surface area contributed by atoms with E-state index in [1.54, 1.807) is 12.1 Å². The highest BCUT2D eigenvalue weighted by molar-refractivity contribution is 6.01. The molecule has 110 valence electrons. The fourth-order valence-electron chi connectivity index (χ4n) is 3.04. The van der Waals surface area contributed by atoms with E-state index in [9.17, 15) is 19.5 Å². The van der Waals surface area contributed by atoms with Gasteiger partial charge in [0.1, 0.15) is 0 Å². The summed E-state index contributed by atoms with van der Waals surface area (Å²) in [4.78, 5) is 35.7. The molecule has 0 aromatic heterocycles. The maximum atomic E-state index is 11.9. The number of imide groups is 1. The van der Waals surface area contributed by atoms with Crippen molar-refractivity contribution in [3.05, 3.63) is 29.3 Å². The number of anilines is 1. The molecule has 1 aromatic carbocycles.